The van der Waals surface area contributed by atoms with Crippen LogP contribution in [0.15, 0.2) is 0 Å². The summed E-state index contributed by atoms with van der Waals surface area (Å²) in [7, 11) is 1.50. The van der Waals surface area contributed by atoms with E-state index >= 15 is 0 Å². The van der Waals surface area contributed by atoms with Crippen molar-refractivity contribution in [3.63, 3.8) is 0 Å². The Morgan fingerprint density at radius 1 is 0.342 bits per heavy atom. The Hall–Kier alpha value is -0.990. The van der Waals surface area contributed by atoms with E-state index in [1.807, 2.05) is 21.1 Å². The minimum atomic E-state index is -4.38. The highest BCUT2D eigenvalue weighted by molar-refractivity contribution is 7.47. The predicted octanol–water partition coefficient (Wildman–Crippen LogP) is 22.6. The second-order valence-corrected chi connectivity index (χ2v) is 27.1. The molecule has 0 heterocycles. The number of phosphoric ester groups is 1. The minimum Gasteiger partial charge on any atom is -0.462 e. The smallest absolute Gasteiger partial charge is 0.462 e. The minimum absolute atomic E-state index is 0.0374. The molecule has 0 aromatic heterocycles. The van der Waals surface area contributed by atoms with Gasteiger partial charge in [0.2, 0.25) is 0 Å². The summed E-state index contributed by atoms with van der Waals surface area (Å²) >= 11 is 0. The molecule has 10 heteroatoms. The molecule has 0 fully saturated rings. The van der Waals surface area contributed by atoms with Gasteiger partial charge in [0.15, 0.2) is 6.10 Å². The zero-order valence-electron chi connectivity index (χ0n) is 53.9. The summed E-state index contributed by atoms with van der Waals surface area (Å²) in [5, 5.41) is 0. The van der Waals surface area contributed by atoms with Gasteiger partial charge in [-0.1, -0.05) is 354 Å². The molecule has 0 aromatic rings. The first kappa shape index (κ1) is 78.0. The second kappa shape index (κ2) is 61.6. The Bertz CT molecular complexity index is 1290. The fourth-order valence-corrected chi connectivity index (χ4v) is 11.7. The lowest BCUT2D eigenvalue weighted by Crippen LogP contribution is -2.37. The van der Waals surface area contributed by atoms with E-state index in [9.17, 15) is 19.0 Å². The summed E-state index contributed by atoms with van der Waals surface area (Å²) in [6, 6.07) is 0. The van der Waals surface area contributed by atoms with Crippen LogP contribution in [-0.2, 0) is 32.7 Å². The third-order valence-corrected chi connectivity index (χ3v) is 17.4. The monoisotopic (exact) mass is 1140 g/mol. The van der Waals surface area contributed by atoms with E-state index in [0.717, 1.165) is 38.5 Å². The summed E-state index contributed by atoms with van der Waals surface area (Å²) in [4.78, 5) is 35.7. The van der Waals surface area contributed by atoms with Crippen LogP contribution < -0.4 is 0 Å². The molecule has 0 aromatic carbocycles. The summed E-state index contributed by atoms with van der Waals surface area (Å²) in [5.41, 5.74) is 0. The van der Waals surface area contributed by atoms with Crippen LogP contribution in [-0.4, -0.2) is 74.9 Å². The largest absolute Gasteiger partial charge is 0.472 e. The van der Waals surface area contributed by atoms with Crippen LogP contribution in [0.2, 0.25) is 0 Å². The summed E-state index contributed by atoms with van der Waals surface area (Å²) in [5.74, 6) is -0.773. The molecule has 0 aliphatic carbocycles. The number of esters is 2. The molecule has 0 bridgehead atoms. The van der Waals surface area contributed by atoms with Gasteiger partial charge in [-0.15, -0.1) is 0 Å². The van der Waals surface area contributed by atoms with Gasteiger partial charge in [0.05, 0.1) is 27.7 Å². The summed E-state index contributed by atoms with van der Waals surface area (Å²) < 4.78 is 34.6. The van der Waals surface area contributed by atoms with Crippen molar-refractivity contribution in [2.75, 3.05) is 47.5 Å². The average Bonchev–Trinajstić information content (AvgIpc) is 3.41. The highest BCUT2D eigenvalue weighted by Crippen LogP contribution is 2.43. The molecular weight excluding hydrogens is 1000 g/mol. The van der Waals surface area contributed by atoms with E-state index in [0.29, 0.717) is 17.4 Å². The van der Waals surface area contributed by atoms with Crippen molar-refractivity contribution in [3.05, 3.63) is 0 Å². The molecule has 472 valence electrons. The van der Waals surface area contributed by atoms with Crippen molar-refractivity contribution in [2.45, 2.75) is 386 Å². The molecule has 0 aliphatic heterocycles. The lowest BCUT2D eigenvalue weighted by molar-refractivity contribution is -0.870. The van der Waals surface area contributed by atoms with Crippen molar-refractivity contribution in [1.82, 2.24) is 0 Å². The fraction of sp³-hybridized carbons (Fsp3) is 0.971. The fourth-order valence-electron chi connectivity index (χ4n) is 11.0. The number of ether oxygens (including phenoxy) is 2. The van der Waals surface area contributed by atoms with Crippen LogP contribution >= 0.6 is 7.82 Å². The molecule has 0 radical (unpaired) electrons. The highest BCUT2D eigenvalue weighted by Gasteiger charge is 2.27. The van der Waals surface area contributed by atoms with E-state index in [2.05, 4.69) is 13.8 Å². The number of carbonyl (C=O) groups is 2. The van der Waals surface area contributed by atoms with Gasteiger partial charge in [0.1, 0.15) is 19.8 Å². The molecule has 9 nitrogen and oxygen atoms in total. The number of phosphoric acid groups is 1. The van der Waals surface area contributed by atoms with Crippen LogP contribution in [0.5, 0.6) is 0 Å². The van der Waals surface area contributed by atoms with Gasteiger partial charge < -0.3 is 18.9 Å². The third-order valence-electron chi connectivity index (χ3n) is 16.4. The van der Waals surface area contributed by atoms with E-state index in [1.54, 1.807) is 0 Å². The molecular formula is C69H139NO8P+. The summed E-state index contributed by atoms with van der Waals surface area (Å²) in [6.07, 6.45) is 73.9. The van der Waals surface area contributed by atoms with Crippen molar-refractivity contribution >= 4 is 19.8 Å². The third kappa shape index (κ3) is 66.0. The number of likely N-dealkylation sites (N-methyl/N-ethyl adjacent to an activating group) is 1. The Morgan fingerprint density at radius 3 is 0.810 bits per heavy atom. The SMILES string of the molecule is CCCCCCCCCCCCCCCCCCCCCCCCCCCCCCCCCCCCCCCCCCCC(=O)OC(COC(=O)CCCCCCCCCCCCCCCC)COP(=O)(O)OCC[N+](C)(C)C. The van der Waals surface area contributed by atoms with Crippen molar-refractivity contribution in [1.29, 1.82) is 0 Å². The summed E-state index contributed by atoms with van der Waals surface area (Å²) in [6.45, 7) is 4.51. The van der Waals surface area contributed by atoms with Crippen LogP contribution in [0.4, 0.5) is 0 Å². The number of carbonyl (C=O) groups excluding carboxylic acids is 2. The van der Waals surface area contributed by atoms with Crippen LogP contribution in [0.1, 0.15) is 380 Å². The Kier molecular flexibility index (Phi) is 60.8. The maximum atomic E-state index is 12.8. The first-order valence-corrected chi connectivity index (χ1v) is 36.8. The van der Waals surface area contributed by atoms with E-state index < -0.39 is 26.5 Å². The Labute approximate surface area is 493 Å². The standard InChI is InChI=1S/C69H138NO8P/c1-6-8-10-12-14-16-18-20-22-23-24-25-26-27-28-29-30-31-32-33-34-35-36-37-38-39-40-41-42-43-44-45-46-47-48-50-52-54-56-58-60-62-69(72)78-67(66-77-79(73,74)76-64-63-70(3,4)5)65-75-68(71)61-59-57-55-53-51-49-21-19-17-15-13-11-9-7-2/h67H,6-66H2,1-5H3/p+1. The molecule has 0 aliphatic rings. The first-order valence-electron chi connectivity index (χ1n) is 35.3. The molecule has 0 saturated carbocycles. The number of quaternary nitrogens is 1. The number of nitrogens with zero attached hydrogens (tertiary/aromatic N) is 1. The maximum Gasteiger partial charge on any atom is 0.472 e. The van der Waals surface area contributed by atoms with Gasteiger partial charge >= 0.3 is 19.8 Å². The van der Waals surface area contributed by atoms with Gasteiger partial charge in [0, 0.05) is 12.8 Å². The predicted molar refractivity (Wildman–Crippen MR) is 340 cm³/mol. The highest BCUT2D eigenvalue weighted by atomic mass is 31.2. The zero-order valence-corrected chi connectivity index (χ0v) is 54.8. The van der Waals surface area contributed by atoms with Crippen molar-refractivity contribution < 1.29 is 42.1 Å². The number of unbranched alkanes of at least 4 members (excludes halogenated alkanes) is 53. The van der Waals surface area contributed by atoms with Crippen molar-refractivity contribution in [2.24, 2.45) is 0 Å². The van der Waals surface area contributed by atoms with Gasteiger partial charge in [0.25, 0.3) is 0 Å². The number of hydrogen-bond acceptors (Lipinski definition) is 7. The van der Waals surface area contributed by atoms with Crippen LogP contribution in [0.3, 0.4) is 0 Å². The zero-order chi connectivity index (χ0) is 57.7. The van der Waals surface area contributed by atoms with Crippen LogP contribution in [0.25, 0.3) is 0 Å². The van der Waals surface area contributed by atoms with Gasteiger partial charge in [-0.2, -0.15) is 0 Å². The molecule has 1 N–H and O–H groups in total. The lowest BCUT2D eigenvalue weighted by Gasteiger charge is -2.24. The molecule has 2 atom stereocenters. The quantitative estimate of drug-likeness (QED) is 0.0278. The Morgan fingerprint density at radius 2 is 0.570 bits per heavy atom. The van der Waals surface area contributed by atoms with Gasteiger partial charge in [-0.05, 0) is 12.8 Å². The number of rotatable bonds is 67. The molecule has 0 spiro atoms. The van der Waals surface area contributed by atoms with Crippen molar-refractivity contribution in [3.8, 4) is 0 Å². The van der Waals surface area contributed by atoms with E-state index in [-0.39, 0.29) is 25.6 Å². The first-order chi connectivity index (χ1) is 38.5. The number of hydrogen-bond donors (Lipinski definition) is 1. The van der Waals surface area contributed by atoms with Gasteiger partial charge in [-0.3, -0.25) is 18.6 Å². The normalized spacial score (nSPS) is 13.0. The molecule has 0 saturated heterocycles. The average molecular weight is 1140 g/mol. The Balaban J connectivity index is 3.79. The molecule has 0 amide bonds. The van der Waals surface area contributed by atoms with E-state index in [1.165, 1.54) is 315 Å². The molecule has 2 unspecified atom stereocenters. The lowest BCUT2D eigenvalue weighted by atomic mass is 10.0. The second-order valence-electron chi connectivity index (χ2n) is 25.6. The van der Waals surface area contributed by atoms with Gasteiger partial charge in [-0.25, -0.2) is 4.57 Å². The van der Waals surface area contributed by atoms with Crippen LogP contribution in [0, 0.1) is 0 Å². The topological polar surface area (TPSA) is 108 Å². The molecule has 0 rings (SSSR count). The maximum absolute atomic E-state index is 12.8. The van der Waals surface area contributed by atoms with E-state index in [4.69, 9.17) is 18.5 Å². The molecule has 79 heavy (non-hydrogen) atoms.